The second-order valence-electron chi connectivity index (χ2n) is 6.16. The molecular formula is C21H20BrN. The minimum atomic E-state index is -0.103. The molecule has 3 rings (SSSR count). The number of hydrogen-bond acceptors (Lipinski definition) is 1. The van der Waals surface area contributed by atoms with Gasteiger partial charge in [-0.1, -0.05) is 67.2 Å². The van der Waals surface area contributed by atoms with Gasteiger partial charge in [0.2, 0.25) is 0 Å². The lowest BCUT2D eigenvalue weighted by atomic mass is 9.73. The third-order valence-electron chi connectivity index (χ3n) is 4.49. The van der Waals surface area contributed by atoms with Gasteiger partial charge >= 0.3 is 0 Å². The van der Waals surface area contributed by atoms with Crippen LogP contribution in [0.25, 0.3) is 0 Å². The zero-order valence-corrected chi connectivity index (χ0v) is 15.1. The minimum absolute atomic E-state index is 0.103. The molecule has 23 heavy (non-hydrogen) atoms. The molecule has 0 bridgehead atoms. The van der Waals surface area contributed by atoms with Crippen molar-refractivity contribution in [1.29, 1.82) is 0 Å². The Labute approximate surface area is 146 Å². The summed E-state index contributed by atoms with van der Waals surface area (Å²) in [6, 6.07) is 16.9. The van der Waals surface area contributed by atoms with Gasteiger partial charge in [0, 0.05) is 21.3 Å². The third-order valence-corrected chi connectivity index (χ3v) is 5.02. The van der Waals surface area contributed by atoms with Gasteiger partial charge < -0.3 is 4.90 Å². The lowest BCUT2D eigenvalue weighted by molar-refractivity contribution is 0.621. The van der Waals surface area contributed by atoms with Crippen LogP contribution in [0.5, 0.6) is 0 Å². The van der Waals surface area contributed by atoms with Crippen molar-refractivity contribution in [3.05, 3.63) is 95.1 Å². The largest absolute Gasteiger partial charge is 0.310 e. The molecule has 1 heterocycles. The number of rotatable bonds is 3. The van der Waals surface area contributed by atoms with Crippen LogP contribution in [0.4, 0.5) is 11.4 Å². The third kappa shape index (κ3) is 2.47. The normalized spacial score (nSPS) is 16.0. The maximum atomic E-state index is 4.06. The first-order chi connectivity index (χ1) is 11.0. The Balaban J connectivity index is 2.33. The molecule has 0 saturated carbocycles. The highest BCUT2D eigenvalue weighted by Gasteiger charge is 2.36. The summed E-state index contributed by atoms with van der Waals surface area (Å²) in [5.74, 6) is 0. The summed E-state index contributed by atoms with van der Waals surface area (Å²) >= 11 is 3.51. The van der Waals surface area contributed by atoms with Crippen molar-refractivity contribution >= 4 is 27.3 Å². The Morgan fingerprint density at radius 1 is 0.957 bits per heavy atom. The topological polar surface area (TPSA) is 3.24 Å². The van der Waals surface area contributed by atoms with Crippen LogP contribution < -0.4 is 4.90 Å². The van der Waals surface area contributed by atoms with E-state index >= 15 is 0 Å². The fourth-order valence-corrected chi connectivity index (χ4v) is 3.61. The van der Waals surface area contributed by atoms with Gasteiger partial charge in [-0.3, -0.25) is 0 Å². The number of nitrogens with zero attached hydrogens (tertiary/aromatic N) is 1. The predicted octanol–water partition coefficient (Wildman–Crippen LogP) is 6.50. The van der Waals surface area contributed by atoms with Crippen LogP contribution in [0, 0.1) is 0 Å². The molecule has 0 radical (unpaired) electrons. The predicted molar refractivity (Wildman–Crippen MR) is 103 cm³/mol. The molecule has 0 atom stereocenters. The summed E-state index contributed by atoms with van der Waals surface area (Å²) in [6.45, 7) is 12.6. The highest BCUT2D eigenvalue weighted by molar-refractivity contribution is 9.10. The van der Waals surface area contributed by atoms with Crippen molar-refractivity contribution < 1.29 is 0 Å². The monoisotopic (exact) mass is 365 g/mol. The number of anilines is 2. The molecule has 1 aliphatic rings. The van der Waals surface area contributed by atoms with Crippen LogP contribution in [0.3, 0.4) is 0 Å². The van der Waals surface area contributed by atoms with Gasteiger partial charge in [0.05, 0.1) is 5.69 Å². The van der Waals surface area contributed by atoms with Gasteiger partial charge in [0.25, 0.3) is 0 Å². The van der Waals surface area contributed by atoms with E-state index in [4.69, 9.17) is 0 Å². The molecule has 0 aliphatic carbocycles. The van der Waals surface area contributed by atoms with Crippen molar-refractivity contribution in [3.8, 4) is 0 Å². The van der Waals surface area contributed by atoms with Crippen molar-refractivity contribution in [3.63, 3.8) is 0 Å². The summed E-state index contributed by atoms with van der Waals surface area (Å²) in [5.41, 5.74) is 5.78. The second-order valence-corrected chi connectivity index (χ2v) is 7.08. The molecule has 0 unspecified atom stereocenters. The molecule has 2 aromatic carbocycles. The molecule has 116 valence electrons. The van der Waals surface area contributed by atoms with Gasteiger partial charge in [-0.2, -0.15) is 0 Å². The zero-order valence-electron chi connectivity index (χ0n) is 13.5. The second kappa shape index (κ2) is 5.86. The van der Waals surface area contributed by atoms with E-state index in [2.05, 4.69) is 96.4 Å². The van der Waals surface area contributed by atoms with Crippen LogP contribution in [-0.4, -0.2) is 0 Å². The van der Waals surface area contributed by atoms with Crippen molar-refractivity contribution in [2.75, 3.05) is 4.90 Å². The minimum Gasteiger partial charge on any atom is -0.310 e. The molecule has 0 saturated heterocycles. The van der Waals surface area contributed by atoms with Crippen LogP contribution in [-0.2, 0) is 5.41 Å². The van der Waals surface area contributed by atoms with Crippen LogP contribution in [0.2, 0.25) is 0 Å². The van der Waals surface area contributed by atoms with Gasteiger partial charge in [-0.25, -0.2) is 0 Å². The van der Waals surface area contributed by atoms with Crippen LogP contribution in [0.1, 0.15) is 19.4 Å². The smallest absolute Gasteiger partial charge is 0.0502 e. The summed E-state index contributed by atoms with van der Waals surface area (Å²) in [4.78, 5) is 2.26. The average molecular weight is 366 g/mol. The van der Waals surface area contributed by atoms with E-state index < -0.39 is 0 Å². The lowest BCUT2D eigenvalue weighted by Gasteiger charge is -2.42. The number of allylic oxidation sites excluding steroid dienone is 3. The van der Waals surface area contributed by atoms with Crippen LogP contribution >= 0.6 is 15.9 Å². The number of para-hydroxylation sites is 1. The van der Waals surface area contributed by atoms with E-state index in [9.17, 15) is 0 Å². The maximum Gasteiger partial charge on any atom is 0.0502 e. The maximum absolute atomic E-state index is 4.06. The van der Waals surface area contributed by atoms with Gasteiger partial charge in [0.15, 0.2) is 0 Å². The molecule has 2 heteroatoms. The molecule has 0 aromatic heterocycles. The SMILES string of the molecule is C=CC1=C(C=C)C(C)(C)c2ccccc2N1c1ccc(Br)cc1. The van der Waals surface area contributed by atoms with Crippen LogP contribution in [0.15, 0.2) is 89.6 Å². The van der Waals surface area contributed by atoms with E-state index in [-0.39, 0.29) is 5.41 Å². The number of hydrogen-bond donors (Lipinski definition) is 0. The summed E-state index contributed by atoms with van der Waals surface area (Å²) < 4.78 is 1.07. The highest BCUT2D eigenvalue weighted by Crippen LogP contribution is 2.48. The molecule has 0 amide bonds. The number of halogens is 1. The molecule has 2 aromatic rings. The molecule has 1 aliphatic heterocycles. The standard InChI is InChI=1S/C21H20BrN/c1-5-17-19(6-2)23(16-13-11-15(22)12-14-16)20-10-8-7-9-18(20)21(17,3)4/h5-14H,1-2H2,3-4H3. The van der Waals surface area contributed by atoms with Gasteiger partial charge in [-0.05, 0) is 47.5 Å². The highest BCUT2D eigenvalue weighted by atomic mass is 79.9. The Hall–Kier alpha value is -2.06. The Kier molecular flexibility index (Phi) is 4.03. The fraction of sp³-hybridized carbons (Fsp3) is 0.143. The van der Waals surface area contributed by atoms with Gasteiger partial charge in [0.1, 0.15) is 0 Å². The van der Waals surface area contributed by atoms with Crippen molar-refractivity contribution in [2.24, 2.45) is 0 Å². The van der Waals surface area contributed by atoms with E-state index in [1.807, 2.05) is 12.2 Å². The Morgan fingerprint density at radius 3 is 2.22 bits per heavy atom. The quantitative estimate of drug-likeness (QED) is 0.599. The number of benzene rings is 2. The average Bonchev–Trinajstić information content (AvgIpc) is 2.55. The first-order valence-corrected chi connectivity index (χ1v) is 8.45. The lowest BCUT2D eigenvalue weighted by Crippen LogP contribution is -2.33. The van der Waals surface area contributed by atoms with E-state index in [1.54, 1.807) is 0 Å². The first-order valence-electron chi connectivity index (χ1n) is 7.65. The zero-order chi connectivity index (χ0) is 16.6. The van der Waals surface area contributed by atoms with E-state index in [0.29, 0.717) is 0 Å². The molecule has 0 N–H and O–H groups in total. The van der Waals surface area contributed by atoms with Gasteiger partial charge in [-0.15, -0.1) is 0 Å². The van der Waals surface area contributed by atoms with Crippen molar-refractivity contribution in [2.45, 2.75) is 19.3 Å². The fourth-order valence-electron chi connectivity index (χ4n) is 3.34. The Bertz CT molecular complexity index is 797. The van der Waals surface area contributed by atoms with E-state index in [1.165, 1.54) is 16.8 Å². The molecule has 0 spiro atoms. The summed E-state index contributed by atoms with van der Waals surface area (Å²) in [5, 5.41) is 0. The molecule has 0 fully saturated rings. The van der Waals surface area contributed by atoms with Crippen molar-refractivity contribution in [1.82, 2.24) is 0 Å². The first kappa shape index (κ1) is 15.8. The Morgan fingerprint density at radius 2 is 1.61 bits per heavy atom. The molecular weight excluding hydrogens is 346 g/mol. The summed E-state index contributed by atoms with van der Waals surface area (Å²) in [6.07, 6.45) is 3.88. The number of fused-ring (bicyclic) bond motifs is 1. The molecule has 1 nitrogen and oxygen atoms in total. The van der Waals surface area contributed by atoms with E-state index in [0.717, 1.165) is 15.9 Å². The summed E-state index contributed by atoms with van der Waals surface area (Å²) in [7, 11) is 0.